The maximum Gasteiger partial charge on any atom is 0.340 e. The molecule has 1 aliphatic rings. The van der Waals surface area contributed by atoms with Crippen LogP contribution in [0.15, 0.2) is 59.3 Å². The Morgan fingerprint density at radius 3 is 2.45 bits per heavy atom. The van der Waals surface area contributed by atoms with Crippen LogP contribution in [0, 0.1) is 0 Å². The first-order valence-electron chi connectivity index (χ1n) is 9.81. The van der Waals surface area contributed by atoms with Crippen molar-refractivity contribution in [3.05, 3.63) is 70.4 Å². The number of benzene rings is 2. The Balaban J connectivity index is 1.99. The Hall–Kier alpha value is -3.74. The smallest absolute Gasteiger partial charge is 0.340 e. The molecule has 0 fully saturated rings. The van der Waals surface area contributed by atoms with Gasteiger partial charge in [-0.2, -0.15) is 0 Å². The summed E-state index contributed by atoms with van der Waals surface area (Å²) in [5, 5.41) is 9.93. The molecule has 2 aromatic carbocycles. The molecular weight excluding hydrogens is 398 g/mol. The first kappa shape index (κ1) is 22.0. The molecule has 3 rings (SSSR count). The maximum absolute atomic E-state index is 13.3. The molecule has 0 saturated carbocycles. The number of phenolic OH excluding ortho intramolecular Hbond substituents is 1. The van der Waals surface area contributed by atoms with Crippen molar-refractivity contribution in [3.63, 3.8) is 0 Å². The van der Waals surface area contributed by atoms with Crippen molar-refractivity contribution < 1.29 is 28.9 Å². The van der Waals surface area contributed by atoms with E-state index < -0.39 is 5.97 Å². The van der Waals surface area contributed by atoms with E-state index in [-0.39, 0.29) is 22.8 Å². The van der Waals surface area contributed by atoms with Gasteiger partial charge in [0.25, 0.3) is 5.91 Å². The van der Waals surface area contributed by atoms with Crippen molar-refractivity contribution in [2.75, 3.05) is 20.8 Å². The molecule has 1 aliphatic heterocycles. The van der Waals surface area contributed by atoms with Gasteiger partial charge >= 0.3 is 5.97 Å². The number of esters is 1. The highest BCUT2D eigenvalue weighted by Gasteiger charge is 2.37. The van der Waals surface area contributed by atoms with E-state index in [2.05, 4.69) is 0 Å². The average molecular weight is 423 g/mol. The fourth-order valence-electron chi connectivity index (χ4n) is 3.39. The second-order valence-electron chi connectivity index (χ2n) is 6.91. The Labute approximate surface area is 181 Å². The number of hydrogen-bond donors (Lipinski definition) is 1. The fourth-order valence-corrected chi connectivity index (χ4v) is 3.39. The lowest BCUT2D eigenvalue weighted by Gasteiger charge is -2.18. The lowest BCUT2D eigenvalue weighted by molar-refractivity contribution is -0.136. The molecule has 0 bridgehead atoms. The monoisotopic (exact) mass is 423 g/mol. The average Bonchev–Trinajstić information content (AvgIpc) is 3.00. The van der Waals surface area contributed by atoms with E-state index in [0.717, 1.165) is 11.3 Å². The molecule has 7 nitrogen and oxygen atoms in total. The number of ether oxygens (including phenoxy) is 3. The number of carbonyl (C=O) groups excluding carboxylic acids is 2. The SMILES string of the molecule is CCOc1cc(/C=C2\C(=O)N(Cc3ccc(OC)cc3)C(C)=C2C(=O)OC)ccc1O. The van der Waals surface area contributed by atoms with E-state index >= 15 is 0 Å². The zero-order valence-corrected chi connectivity index (χ0v) is 18.0. The standard InChI is InChI=1S/C24H25NO6/c1-5-31-21-13-17(8-11-20(21)26)12-19-22(24(28)30-4)15(2)25(23(19)27)14-16-6-9-18(29-3)10-7-16/h6-13,26H,5,14H2,1-4H3/b19-12-. The third kappa shape index (κ3) is 4.55. The van der Waals surface area contributed by atoms with Gasteiger partial charge in [0, 0.05) is 5.70 Å². The molecule has 0 aromatic heterocycles. The van der Waals surface area contributed by atoms with Crippen molar-refractivity contribution >= 4 is 18.0 Å². The van der Waals surface area contributed by atoms with E-state index in [1.54, 1.807) is 37.1 Å². The van der Waals surface area contributed by atoms with Gasteiger partial charge in [0.2, 0.25) is 0 Å². The second kappa shape index (κ2) is 9.38. The van der Waals surface area contributed by atoms with Gasteiger partial charge in [-0.05, 0) is 55.3 Å². The lowest BCUT2D eigenvalue weighted by atomic mass is 10.0. The molecule has 1 amide bonds. The quantitative estimate of drug-likeness (QED) is 0.540. The van der Waals surface area contributed by atoms with Gasteiger partial charge < -0.3 is 24.2 Å². The molecule has 162 valence electrons. The molecule has 0 saturated heterocycles. The Bertz CT molecular complexity index is 1050. The molecule has 0 aliphatic carbocycles. The summed E-state index contributed by atoms with van der Waals surface area (Å²) in [6, 6.07) is 12.1. The van der Waals surface area contributed by atoms with Crippen LogP contribution in [0.25, 0.3) is 6.08 Å². The summed E-state index contributed by atoms with van der Waals surface area (Å²) in [7, 11) is 2.87. The highest BCUT2D eigenvalue weighted by atomic mass is 16.5. The molecule has 31 heavy (non-hydrogen) atoms. The summed E-state index contributed by atoms with van der Waals surface area (Å²) in [5.41, 5.74) is 2.47. The first-order valence-corrected chi connectivity index (χ1v) is 9.81. The van der Waals surface area contributed by atoms with E-state index in [1.807, 2.05) is 31.2 Å². The second-order valence-corrected chi connectivity index (χ2v) is 6.91. The van der Waals surface area contributed by atoms with E-state index in [4.69, 9.17) is 14.2 Å². The number of rotatable bonds is 7. The maximum atomic E-state index is 13.3. The Kier molecular flexibility index (Phi) is 6.65. The molecule has 1 N–H and O–H groups in total. The van der Waals surface area contributed by atoms with E-state index in [1.165, 1.54) is 13.2 Å². The number of allylic oxidation sites excluding steroid dienone is 1. The molecular formula is C24H25NO6. The molecule has 0 unspecified atom stereocenters. The Morgan fingerprint density at radius 2 is 1.84 bits per heavy atom. The van der Waals surface area contributed by atoms with Crippen molar-refractivity contribution in [2.24, 2.45) is 0 Å². The Morgan fingerprint density at radius 1 is 1.13 bits per heavy atom. The van der Waals surface area contributed by atoms with Crippen LogP contribution in [0.1, 0.15) is 25.0 Å². The van der Waals surface area contributed by atoms with Gasteiger partial charge in [-0.15, -0.1) is 0 Å². The summed E-state index contributed by atoms with van der Waals surface area (Å²) in [5.74, 6) is 0.135. The number of hydrogen-bond acceptors (Lipinski definition) is 6. The number of amides is 1. The summed E-state index contributed by atoms with van der Waals surface area (Å²) in [4.78, 5) is 27.3. The molecule has 0 spiro atoms. The molecule has 0 radical (unpaired) electrons. The van der Waals surface area contributed by atoms with Crippen LogP contribution in [-0.4, -0.2) is 42.7 Å². The lowest BCUT2D eigenvalue weighted by Crippen LogP contribution is -2.24. The van der Waals surface area contributed by atoms with Gasteiger partial charge in [-0.25, -0.2) is 4.79 Å². The van der Waals surface area contributed by atoms with Crippen molar-refractivity contribution in [1.29, 1.82) is 0 Å². The van der Waals surface area contributed by atoms with Crippen LogP contribution in [0.2, 0.25) is 0 Å². The van der Waals surface area contributed by atoms with Crippen LogP contribution in [0.4, 0.5) is 0 Å². The van der Waals surface area contributed by atoms with Crippen molar-refractivity contribution in [3.8, 4) is 17.2 Å². The number of carbonyl (C=O) groups is 2. The highest BCUT2D eigenvalue weighted by Crippen LogP contribution is 2.34. The summed E-state index contributed by atoms with van der Waals surface area (Å²) in [6.07, 6.45) is 1.61. The summed E-state index contributed by atoms with van der Waals surface area (Å²) >= 11 is 0. The van der Waals surface area contributed by atoms with E-state index in [9.17, 15) is 14.7 Å². The van der Waals surface area contributed by atoms with Gasteiger partial charge in [0.05, 0.1) is 38.5 Å². The van der Waals surface area contributed by atoms with Crippen LogP contribution in [0.5, 0.6) is 17.2 Å². The van der Waals surface area contributed by atoms with Crippen LogP contribution in [0.3, 0.4) is 0 Å². The molecule has 2 aromatic rings. The number of methoxy groups -OCH3 is 2. The normalized spacial score (nSPS) is 14.9. The minimum atomic E-state index is -0.585. The fraction of sp³-hybridized carbons (Fsp3) is 0.250. The highest BCUT2D eigenvalue weighted by molar-refractivity contribution is 6.16. The zero-order valence-electron chi connectivity index (χ0n) is 18.0. The van der Waals surface area contributed by atoms with Crippen molar-refractivity contribution in [2.45, 2.75) is 20.4 Å². The zero-order chi connectivity index (χ0) is 22.5. The number of phenols is 1. The summed E-state index contributed by atoms with van der Waals surface area (Å²) in [6.45, 7) is 4.21. The molecule has 0 atom stereocenters. The third-order valence-corrected chi connectivity index (χ3v) is 5.00. The van der Waals surface area contributed by atoms with Crippen molar-refractivity contribution in [1.82, 2.24) is 4.90 Å². The topological polar surface area (TPSA) is 85.3 Å². The minimum Gasteiger partial charge on any atom is -0.504 e. The predicted octanol–water partition coefficient (Wildman–Crippen LogP) is 3.67. The first-order chi connectivity index (χ1) is 14.9. The number of aromatic hydroxyl groups is 1. The van der Waals surface area contributed by atoms with Gasteiger partial charge in [-0.1, -0.05) is 18.2 Å². The van der Waals surface area contributed by atoms with Gasteiger partial charge in [0.15, 0.2) is 11.5 Å². The van der Waals surface area contributed by atoms with Gasteiger partial charge in [-0.3, -0.25) is 4.79 Å². The molecule has 1 heterocycles. The van der Waals surface area contributed by atoms with E-state index in [0.29, 0.717) is 30.2 Å². The minimum absolute atomic E-state index is 0.00259. The largest absolute Gasteiger partial charge is 0.504 e. The predicted molar refractivity (Wildman–Crippen MR) is 116 cm³/mol. The summed E-state index contributed by atoms with van der Waals surface area (Å²) < 4.78 is 15.5. The molecule has 7 heteroatoms. The van der Waals surface area contributed by atoms with Crippen LogP contribution in [-0.2, 0) is 20.9 Å². The third-order valence-electron chi connectivity index (χ3n) is 5.00. The number of nitrogens with zero attached hydrogens (tertiary/aromatic N) is 1. The van der Waals surface area contributed by atoms with Gasteiger partial charge in [0.1, 0.15) is 5.75 Å². The van der Waals surface area contributed by atoms with Crippen LogP contribution < -0.4 is 9.47 Å². The van der Waals surface area contributed by atoms with Crippen LogP contribution >= 0.6 is 0 Å².